The SMILES string of the molecule is COc1ccc(COC(=O)C2C(=CSc3ccncc3)C(C)[C@@H]3[C@@H](C(C)O)C(=O)N23)cc1. The molecule has 168 valence electrons. The Labute approximate surface area is 191 Å². The van der Waals surface area contributed by atoms with Gasteiger partial charge in [0.05, 0.1) is 25.2 Å². The molecule has 2 aromatic rings. The second-order valence-corrected chi connectivity index (χ2v) is 9.01. The molecule has 1 amide bonds. The summed E-state index contributed by atoms with van der Waals surface area (Å²) in [5.74, 6) is -0.519. The second kappa shape index (κ2) is 9.34. The van der Waals surface area contributed by atoms with Gasteiger partial charge in [-0.1, -0.05) is 30.8 Å². The fourth-order valence-corrected chi connectivity index (χ4v) is 5.33. The molecule has 4 rings (SSSR count). The Morgan fingerprint density at radius 1 is 1.25 bits per heavy atom. The number of benzene rings is 1. The van der Waals surface area contributed by atoms with Crippen LogP contribution in [0.5, 0.6) is 5.75 Å². The van der Waals surface area contributed by atoms with Crippen LogP contribution < -0.4 is 4.74 Å². The van der Waals surface area contributed by atoms with E-state index in [1.165, 1.54) is 11.8 Å². The van der Waals surface area contributed by atoms with Crippen molar-refractivity contribution < 1.29 is 24.2 Å². The lowest BCUT2D eigenvalue weighted by Crippen LogP contribution is -2.65. The quantitative estimate of drug-likeness (QED) is 0.391. The van der Waals surface area contributed by atoms with Crippen LogP contribution in [0.15, 0.2) is 64.7 Å². The van der Waals surface area contributed by atoms with Gasteiger partial charge in [0.15, 0.2) is 6.04 Å². The number of fused-ring (bicyclic) bond motifs is 1. The van der Waals surface area contributed by atoms with Gasteiger partial charge in [0, 0.05) is 23.2 Å². The van der Waals surface area contributed by atoms with Crippen molar-refractivity contribution in [3.63, 3.8) is 0 Å². The number of esters is 1. The van der Waals surface area contributed by atoms with E-state index < -0.39 is 24.0 Å². The highest BCUT2D eigenvalue weighted by Crippen LogP contribution is 2.48. The van der Waals surface area contributed by atoms with Crippen LogP contribution >= 0.6 is 11.8 Å². The number of aliphatic hydroxyl groups is 1. The van der Waals surface area contributed by atoms with Gasteiger partial charge in [-0.3, -0.25) is 9.78 Å². The summed E-state index contributed by atoms with van der Waals surface area (Å²) in [6.07, 6.45) is 2.65. The number of hydrogen-bond donors (Lipinski definition) is 1. The van der Waals surface area contributed by atoms with Gasteiger partial charge in [0.1, 0.15) is 12.4 Å². The highest BCUT2D eigenvalue weighted by molar-refractivity contribution is 8.02. The molecule has 7 nitrogen and oxygen atoms in total. The van der Waals surface area contributed by atoms with Gasteiger partial charge < -0.3 is 19.5 Å². The van der Waals surface area contributed by atoms with Gasteiger partial charge in [-0.05, 0) is 47.7 Å². The van der Waals surface area contributed by atoms with Gasteiger partial charge in [-0.25, -0.2) is 4.79 Å². The number of ether oxygens (including phenoxy) is 2. The molecule has 1 aromatic carbocycles. The lowest BCUT2D eigenvalue weighted by atomic mass is 9.79. The normalized spacial score (nSPS) is 26.4. The predicted molar refractivity (Wildman–Crippen MR) is 120 cm³/mol. The van der Waals surface area contributed by atoms with E-state index in [9.17, 15) is 14.7 Å². The van der Waals surface area contributed by atoms with Crippen LogP contribution in [0.2, 0.25) is 0 Å². The summed E-state index contributed by atoms with van der Waals surface area (Å²) in [7, 11) is 1.59. The number of aliphatic hydroxyl groups excluding tert-OH is 1. The summed E-state index contributed by atoms with van der Waals surface area (Å²) < 4.78 is 10.8. The molecule has 0 spiro atoms. The highest BCUT2D eigenvalue weighted by Gasteiger charge is 2.62. The summed E-state index contributed by atoms with van der Waals surface area (Å²) in [5, 5.41) is 12.1. The summed E-state index contributed by atoms with van der Waals surface area (Å²) >= 11 is 1.48. The molecule has 0 radical (unpaired) electrons. The van der Waals surface area contributed by atoms with Gasteiger partial charge in [0.25, 0.3) is 0 Å². The minimum Gasteiger partial charge on any atom is -0.497 e. The molecular weight excluding hydrogens is 428 g/mol. The summed E-state index contributed by atoms with van der Waals surface area (Å²) in [4.78, 5) is 32.6. The van der Waals surface area contributed by atoms with E-state index in [1.54, 1.807) is 43.5 Å². The first-order valence-corrected chi connectivity index (χ1v) is 11.4. The molecule has 3 heterocycles. The number of nitrogens with zero attached hydrogens (tertiary/aromatic N) is 2. The maximum atomic E-state index is 13.2. The monoisotopic (exact) mass is 454 g/mol. The number of carbonyl (C=O) groups is 2. The molecular formula is C24H26N2O5S. The Kier molecular flexibility index (Phi) is 6.53. The first-order valence-electron chi connectivity index (χ1n) is 10.5. The molecule has 2 aliphatic heterocycles. The first kappa shape index (κ1) is 22.4. The molecule has 2 aliphatic rings. The molecule has 2 fully saturated rings. The van der Waals surface area contributed by atoms with Crippen LogP contribution in [-0.4, -0.2) is 52.2 Å². The van der Waals surface area contributed by atoms with Crippen LogP contribution in [0, 0.1) is 11.8 Å². The Morgan fingerprint density at radius 2 is 1.94 bits per heavy atom. The van der Waals surface area contributed by atoms with Crippen LogP contribution in [0.4, 0.5) is 0 Å². The van der Waals surface area contributed by atoms with Gasteiger partial charge in [-0.15, -0.1) is 0 Å². The van der Waals surface area contributed by atoms with Crippen LogP contribution in [0.1, 0.15) is 19.4 Å². The van der Waals surface area contributed by atoms with E-state index in [0.717, 1.165) is 21.8 Å². The smallest absolute Gasteiger partial charge is 0.333 e. The van der Waals surface area contributed by atoms with Crippen LogP contribution in [-0.2, 0) is 20.9 Å². The van der Waals surface area contributed by atoms with Crippen molar-refractivity contribution in [3.05, 3.63) is 65.3 Å². The molecule has 0 bridgehead atoms. The predicted octanol–water partition coefficient (Wildman–Crippen LogP) is 3.04. The summed E-state index contributed by atoms with van der Waals surface area (Å²) in [6, 6.07) is 10.0. The minimum atomic E-state index is -0.787. The molecule has 3 unspecified atom stereocenters. The van der Waals surface area contributed by atoms with Gasteiger partial charge in [0.2, 0.25) is 5.91 Å². The summed E-state index contributed by atoms with van der Waals surface area (Å²) in [6.45, 7) is 3.72. The maximum Gasteiger partial charge on any atom is 0.333 e. The Bertz CT molecular complexity index is 1010. The van der Waals surface area contributed by atoms with Crippen molar-refractivity contribution in [1.29, 1.82) is 0 Å². The Hall–Kier alpha value is -2.84. The first-order chi connectivity index (χ1) is 15.4. The second-order valence-electron chi connectivity index (χ2n) is 8.07. The number of β-lactam (4-membered cyclic amide) rings is 1. The fraction of sp³-hybridized carbons (Fsp3) is 0.375. The van der Waals surface area contributed by atoms with Crippen molar-refractivity contribution in [3.8, 4) is 5.75 Å². The number of aromatic nitrogens is 1. The fourth-order valence-electron chi connectivity index (χ4n) is 4.44. The molecule has 1 N–H and O–H groups in total. The average Bonchev–Trinajstić information content (AvgIpc) is 3.04. The third kappa shape index (κ3) is 4.12. The number of rotatable bonds is 7. The number of pyridine rings is 1. The molecule has 0 aliphatic carbocycles. The van der Waals surface area contributed by atoms with Crippen molar-refractivity contribution >= 4 is 23.6 Å². The van der Waals surface area contributed by atoms with E-state index in [-0.39, 0.29) is 24.5 Å². The Morgan fingerprint density at radius 3 is 2.56 bits per heavy atom. The van der Waals surface area contributed by atoms with Crippen molar-refractivity contribution in [2.24, 2.45) is 11.8 Å². The van der Waals surface area contributed by atoms with Crippen molar-refractivity contribution in [2.45, 2.75) is 43.5 Å². The Balaban J connectivity index is 1.55. The number of methoxy groups -OCH3 is 1. The third-order valence-corrected chi connectivity index (χ3v) is 7.06. The van der Waals surface area contributed by atoms with Crippen LogP contribution in [0.3, 0.4) is 0 Å². The minimum absolute atomic E-state index is 0.0693. The average molecular weight is 455 g/mol. The lowest BCUT2D eigenvalue weighted by molar-refractivity contribution is -0.173. The van der Waals surface area contributed by atoms with Crippen molar-refractivity contribution in [2.75, 3.05) is 7.11 Å². The maximum absolute atomic E-state index is 13.2. The van der Waals surface area contributed by atoms with E-state index in [2.05, 4.69) is 4.98 Å². The molecule has 32 heavy (non-hydrogen) atoms. The molecule has 8 heteroatoms. The number of carbonyl (C=O) groups excluding carboxylic acids is 2. The third-order valence-electron chi connectivity index (χ3n) is 6.12. The largest absolute Gasteiger partial charge is 0.497 e. The topological polar surface area (TPSA) is 89.0 Å². The molecule has 1 aromatic heterocycles. The zero-order valence-corrected chi connectivity index (χ0v) is 19.0. The zero-order valence-electron chi connectivity index (χ0n) is 18.2. The molecule has 5 atom stereocenters. The van der Waals surface area contributed by atoms with E-state index in [0.29, 0.717) is 0 Å². The van der Waals surface area contributed by atoms with E-state index >= 15 is 0 Å². The standard InChI is InChI=1S/C24H26N2O5S/c1-14-19(13-32-18-8-10-25-11-9-18)22(26-21(14)20(15(2)27)23(26)28)24(29)31-12-16-4-6-17(30-3)7-5-16/h4-11,13-15,20-22,27H,12H2,1-3H3/t14?,15?,20-,21-,22?/m1/s1. The van der Waals surface area contributed by atoms with Gasteiger partial charge >= 0.3 is 5.97 Å². The summed E-state index contributed by atoms with van der Waals surface area (Å²) in [5.41, 5.74) is 1.66. The van der Waals surface area contributed by atoms with Gasteiger partial charge in [-0.2, -0.15) is 0 Å². The highest BCUT2D eigenvalue weighted by atomic mass is 32.2. The number of amides is 1. The van der Waals surface area contributed by atoms with Crippen molar-refractivity contribution in [1.82, 2.24) is 9.88 Å². The number of thioether (sulfide) groups is 1. The number of hydrogen-bond acceptors (Lipinski definition) is 7. The lowest BCUT2D eigenvalue weighted by Gasteiger charge is -2.46. The van der Waals surface area contributed by atoms with Crippen LogP contribution in [0.25, 0.3) is 0 Å². The zero-order chi connectivity index (χ0) is 22.8. The van der Waals surface area contributed by atoms with E-state index in [4.69, 9.17) is 9.47 Å². The molecule has 2 saturated heterocycles. The van der Waals surface area contributed by atoms with E-state index in [1.807, 2.05) is 36.6 Å². The molecule has 0 saturated carbocycles.